The van der Waals surface area contributed by atoms with Crippen LogP contribution in [0.25, 0.3) is 0 Å². The van der Waals surface area contributed by atoms with E-state index in [1.807, 2.05) is 18.2 Å². The molecule has 6 atom stereocenters. The number of rotatable bonds is 6. The molecule has 0 spiro atoms. The van der Waals surface area contributed by atoms with Gasteiger partial charge in [-0.3, -0.25) is 0 Å². The summed E-state index contributed by atoms with van der Waals surface area (Å²) in [6.45, 7) is -0.434. The quantitative estimate of drug-likeness (QED) is 0.516. The molecule has 3 aliphatic rings. The molecule has 0 bridgehead atoms. The number of hydrogen-bond acceptors (Lipinski definition) is 6. The van der Waals surface area contributed by atoms with Crippen LogP contribution in [0.5, 0.6) is 5.75 Å². The highest BCUT2D eigenvalue weighted by Gasteiger charge is 2.46. The highest BCUT2D eigenvalue weighted by molar-refractivity contribution is 6.31. The maximum atomic E-state index is 10.5. The first-order chi connectivity index (χ1) is 15.5. The van der Waals surface area contributed by atoms with Gasteiger partial charge in [0.1, 0.15) is 30.2 Å². The third kappa shape index (κ3) is 5.38. The zero-order valence-corrected chi connectivity index (χ0v) is 18.9. The Bertz CT molecular complexity index is 814. The fraction of sp³-hybridized carbons (Fsp3) is 0.600. The number of halogens is 1. The molecule has 2 aliphatic carbocycles. The van der Waals surface area contributed by atoms with Crippen LogP contribution in [-0.2, 0) is 11.2 Å². The monoisotopic (exact) mass is 464 g/mol. The molecule has 1 saturated carbocycles. The van der Waals surface area contributed by atoms with Crippen LogP contribution in [-0.4, -0.2) is 63.7 Å². The van der Waals surface area contributed by atoms with Crippen molar-refractivity contribution in [1.82, 2.24) is 0 Å². The van der Waals surface area contributed by atoms with E-state index in [1.54, 1.807) is 6.08 Å². The third-order valence-electron chi connectivity index (χ3n) is 6.86. The number of aliphatic hydroxyl groups is 4. The zero-order chi connectivity index (χ0) is 22.7. The van der Waals surface area contributed by atoms with Crippen LogP contribution in [0.15, 0.2) is 47.0 Å². The molecule has 1 heterocycles. The summed E-state index contributed by atoms with van der Waals surface area (Å²) in [7, 11) is 0. The SMILES string of the molecule is OCC1OC(C2C=CC(Cl)=C(Cc3ccc(OC4CCCCC4)cc3)C2)C(O)C(O)C1O. The summed E-state index contributed by atoms with van der Waals surface area (Å²) in [6.07, 6.45) is 5.56. The van der Waals surface area contributed by atoms with Gasteiger partial charge in [-0.25, -0.2) is 0 Å². The van der Waals surface area contributed by atoms with E-state index in [0.717, 1.165) is 29.7 Å². The minimum atomic E-state index is -1.37. The summed E-state index contributed by atoms with van der Waals surface area (Å²) in [4.78, 5) is 0. The molecule has 1 aliphatic heterocycles. The lowest BCUT2D eigenvalue weighted by Crippen LogP contribution is -2.60. The summed E-state index contributed by atoms with van der Waals surface area (Å²) >= 11 is 6.48. The molecular formula is C25H33ClO6. The van der Waals surface area contributed by atoms with Crippen molar-refractivity contribution in [2.24, 2.45) is 5.92 Å². The van der Waals surface area contributed by atoms with Gasteiger partial charge in [0.15, 0.2) is 0 Å². The van der Waals surface area contributed by atoms with Gasteiger partial charge in [-0.1, -0.05) is 36.2 Å². The zero-order valence-electron chi connectivity index (χ0n) is 18.1. The summed E-state index contributed by atoms with van der Waals surface area (Å²) < 4.78 is 11.9. The van der Waals surface area contributed by atoms with Gasteiger partial charge in [-0.05, 0) is 67.9 Å². The van der Waals surface area contributed by atoms with Crippen molar-refractivity contribution in [3.05, 3.63) is 52.6 Å². The van der Waals surface area contributed by atoms with E-state index >= 15 is 0 Å². The van der Waals surface area contributed by atoms with Crippen LogP contribution in [0.2, 0.25) is 0 Å². The number of ether oxygens (including phenoxy) is 2. The normalized spacial score (nSPS) is 34.0. The lowest BCUT2D eigenvalue weighted by atomic mass is 9.81. The van der Waals surface area contributed by atoms with Gasteiger partial charge in [-0.15, -0.1) is 0 Å². The first-order valence-electron chi connectivity index (χ1n) is 11.6. The van der Waals surface area contributed by atoms with Gasteiger partial charge in [0.2, 0.25) is 0 Å². The summed E-state index contributed by atoms with van der Waals surface area (Å²) in [5, 5.41) is 40.8. The van der Waals surface area contributed by atoms with Crippen LogP contribution in [0, 0.1) is 5.92 Å². The molecule has 1 aromatic carbocycles. The van der Waals surface area contributed by atoms with Crippen LogP contribution >= 0.6 is 11.6 Å². The first-order valence-corrected chi connectivity index (χ1v) is 12.0. The van der Waals surface area contributed by atoms with Crippen LogP contribution in [0.1, 0.15) is 44.1 Å². The van der Waals surface area contributed by atoms with Crippen LogP contribution in [0.3, 0.4) is 0 Å². The molecule has 6 nitrogen and oxygen atoms in total. The van der Waals surface area contributed by atoms with E-state index < -0.39 is 37.1 Å². The maximum Gasteiger partial charge on any atom is 0.119 e. The number of benzene rings is 1. The van der Waals surface area contributed by atoms with Crippen molar-refractivity contribution in [1.29, 1.82) is 0 Å². The predicted octanol–water partition coefficient (Wildman–Crippen LogP) is 2.85. The number of allylic oxidation sites excluding steroid dienone is 3. The lowest BCUT2D eigenvalue weighted by Gasteiger charge is -2.43. The topological polar surface area (TPSA) is 99.4 Å². The Balaban J connectivity index is 1.39. The average molecular weight is 465 g/mol. The Morgan fingerprint density at radius 3 is 2.38 bits per heavy atom. The fourth-order valence-corrected chi connectivity index (χ4v) is 5.17. The standard InChI is InChI=1S/C25H33ClO6/c26-20-11-8-16(25-24(30)23(29)22(28)21(14-27)32-25)13-17(20)12-15-6-9-19(10-7-15)31-18-4-2-1-3-5-18/h6-11,16,18,21-25,27-30H,1-5,12-14H2. The Morgan fingerprint density at radius 2 is 1.69 bits per heavy atom. The molecule has 7 heteroatoms. The van der Waals surface area contributed by atoms with E-state index in [9.17, 15) is 20.4 Å². The second kappa shape index (κ2) is 10.7. The van der Waals surface area contributed by atoms with Gasteiger partial charge < -0.3 is 29.9 Å². The summed E-state index contributed by atoms with van der Waals surface area (Å²) in [5.41, 5.74) is 2.12. The fourth-order valence-electron chi connectivity index (χ4n) is 4.95. The molecule has 0 amide bonds. The summed E-state index contributed by atoms with van der Waals surface area (Å²) in [6, 6.07) is 8.12. The van der Waals surface area contributed by atoms with Crippen molar-refractivity contribution >= 4 is 11.6 Å². The van der Waals surface area contributed by atoms with Crippen molar-refractivity contribution in [3.63, 3.8) is 0 Å². The second-order valence-corrected chi connectivity index (χ2v) is 9.58. The van der Waals surface area contributed by atoms with E-state index in [4.69, 9.17) is 21.1 Å². The Morgan fingerprint density at radius 1 is 0.969 bits per heavy atom. The molecule has 176 valence electrons. The van der Waals surface area contributed by atoms with E-state index in [1.165, 1.54) is 19.3 Å². The van der Waals surface area contributed by atoms with Gasteiger partial charge in [0, 0.05) is 11.0 Å². The second-order valence-electron chi connectivity index (χ2n) is 9.17. The number of hydrogen-bond donors (Lipinski definition) is 4. The molecule has 4 rings (SSSR count). The highest BCUT2D eigenvalue weighted by atomic mass is 35.5. The van der Waals surface area contributed by atoms with Gasteiger partial charge in [0.25, 0.3) is 0 Å². The van der Waals surface area contributed by atoms with E-state index in [2.05, 4.69) is 12.1 Å². The largest absolute Gasteiger partial charge is 0.490 e. The highest BCUT2D eigenvalue weighted by Crippen LogP contribution is 2.36. The Labute approximate surface area is 194 Å². The first kappa shape index (κ1) is 23.7. The molecule has 0 aromatic heterocycles. The number of aliphatic hydroxyl groups excluding tert-OH is 4. The van der Waals surface area contributed by atoms with Gasteiger partial charge >= 0.3 is 0 Å². The minimum Gasteiger partial charge on any atom is -0.490 e. The van der Waals surface area contributed by atoms with Gasteiger partial charge in [-0.2, -0.15) is 0 Å². The van der Waals surface area contributed by atoms with Crippen LogP contribution < -0.4 is 4.74 Å². The van der Waals surface area contributed by atoms with Crippen molar-refractivity contribution < 1.29 is 29.9 Å². The molecule has 1 aromatic rings. The van der Waals surface area contributed by atoms with Crippen molar-refractivity contribution in [2.45, 2.75) is 81.6 Å². The predicted molar refractivity (Wildman–Crippen MR) is 122 cm³/mol. The Kier molecular flexibility index (Phi) is 7.92. The molecule has 1 saturated heterocycles. The lowest BCUT2D eigenvalue weighted by molar-refractivity contribution is -0.237. The van der Waals surface area contributed by atoms with E-state index in [0.29, 0.717) is 24.0 Å². The summed E-state index contributed by atoms with van der Waals surface area (Å²) in [5.74, 6) is 0.663. The minimum absolute atomic E-state index is 0.229. The van der Waals surface area contributed by atoms with Gasteiger partial charge in [0.05, 0.1) is 18.8 Å². The molecular weight excluding hydrogens is 432 g/mol. The molecule has 2 fully saturated rings. The van der Waals surface area contributed by atoms with Crippen molar-refractivity contribution in [3.8, 4) is 5.75 Å². The molecule has 4 N–H and O–H groups in total. The van der Waals surface area contributed by atoms with E-state index in [-0.39, 0.29) is 5.92 Å². The smallest absolute Gasteiger partial charge is 0.119 e. The third-order valence-corrected chi connectivity index (χ3v) is 7.25. The Hall–Kier alpha value is -1.41. The molecule has 0 radical (unpaired) electrons. The van der Waals surface area contributed by atoms with Crippen molar-refractivity contribution in [2.75, 3.05) is 6.61 Å². The maximum absolute atomic E-state index is 10.5. The van der Waals surface area contributed by atoms with Crippen LogP contribution in [0.4, 0.5) is 0 Å². The molecule has 6 unspecified atom stereocenters. The molecule has 32 heavy (non-hydrogen) atoms. The average Bonchev–Trinajstić information content (AvgIpc) is 2.81.